The molecule has 1 atom stereocenters. The van der Waals surface area contributed by atoms with Gasteiger partial charge in [-0.05, 0) is 31.0 Å². The van der Waals surface area contributed by atoms with Gasteiger partial charge in [0.15, 0.2) is 0 Å². The van der Waals surface area contributed by atoms with Crippen LogP contribution in [0.4, 0.5) is 0 Å². The van der Waals surface area contributed by atoms with Crippen LogP contribution in [0.25, 0.3) is 11.0 Å². The Bertz CT molecular complexity index is 988. The molecule has 1 aromatic heterocycles. The second-order valence-electron chi connectivity index (χ2n) is 6.16. The average molecular weight is 352 g/mol. The predicted octanol–water partition coefficient (Wildman–Crippen LogP) is 4.04. The molecule has 0 bridgehead atoms. The maximum absolute atomic E-state index is 12.5. The van der Waals surface area contributed by atoms with Crippen LogP contribution in [0.1, 0.15) is 36.0 Å². The zero-order chi connectivity index (χ0) is 18.7. The highest BCUT2D eigenvalue weighted by atomic mass is 16.5. The highest BCUT2D eigenvalue weighted by Crippen LogP contribution is 2.28. The van der Waals surface area contributed by atoms with Gasteiger partial charge in [0.1, 0.15) is 17.9 Å². The predicted molar refractivity (Wildman–Crippen MR) is 98.2 cm³/mol. The number of phenolic OH excluding ortho intramolecular Hbond substituents is 1. The minimum Gasteiger partial charge on any atom is -0.508 e. The van der Waals surface area contributed by atoms with Crippen molar-refractivity contribution in [1.29, 1.82) is 0 Å². The smallest absolute Gasteiger partial charge is 0.336 e. The van der Waals surface area contributed by atoms with Crippen molar-refractivity contribution in [1.82, 2.24) is 0 Å². The monoisotopic (exact) mass is 352 g/mol. The van der Waals surface area contributed by atoms with Crippen LogP contribution in [0, 0.1) is 6.92 Å². The van der Waals surface area contributed by atoms with Gasteiger partial charge in [-0.3, -0.25) is 4.79 Å². The summed E-state index contributed by atoms with van der Waals surface area (Å²) < 4.78 is 10.7. The Morgan fingerprint density at radius 2 is 1.92 bits per heavy atom. The topological polar surface area (TPSA) is 76.7 Å². The Morgan fingerprint density at radius 1 is 1.19 bits per heavy atom. The van der Waals surface area contributed by atoms with Crippen molar-refractivity contribution in [3.8, 4) is 5.75 Å². The van der Waals surface area contributed by atoms with Crippen molar-refractivity contribution >= 4 is 16.9 Å². The molecule has 0 aliphatic heterocycles. The first-order chi connectivity index (χ1) is 12.5. The van der Waals surface area contributed by atoms with E-state index in [1.165, 1.54) is 12.1 Å². The number of aryl methyl sites for hydroxylation is 1. The Balaban J connectivity index is 1.87. The minimum absolute atomic E-state index is 0.0333. The van der Waals surface area contributed by atoms with Gasteiger partial charge in [0, 0.05) is 22.6 Å². The number of benzene rings is 2. The van der Waals surface area contributed by atoms with Gasteiger partial charge in [-0.1, -0.05) is 37.3 Å². The molecular weight excluding hydrogens is 332 g/mol. The summed E-state index contributed by atoms with van der Waals surface area (Å²) in [5.41, 5.74) is 1.68. The molecule has 0 saturated heterocycles. The molecule has 3 aromatic rings. The highest BCUT2D eigenvalue weighted by Gasteiger charge is 2.21. The van der Waals surface area contributed by atoms with Gasteiger partial charge in [-0.25, -0.2) is 4.79 Å². The van der Waals surface area contributed by atoms with E-state index in [4.69, 9.17) is 9.15 Å². The van der Waals surface area contributed by atoms with Crippen LogP contribution in [0.2, 0.25) is 0 Å². The van der Waals surface area contributed by atoms with Crippen molar-refractivity contribution in [2.24, 2.45) is 0 Å². The molecule has 1 heterocycles. The lowest BCUT2D eigenvalue weighted by Gasteiger charge is -2.15. The Kier molecular flexibility index (Phi) is 5.07. The zero-order valence-electron chi connectivity index (χ0n) is 14.7. The first-order valence-electron chi connectivity index (χ1n) is 8.48. The molecule has 0 saturated carbocycles. The summed E-state index contributed by atoms with van der Waals surface area (Å²) in [6.07, 6.45) is 0.619. The lowest BCUT2D eigenvalue weighted by atomic mass is 9.97. The van der Waals surface area contributed by atoms with Crippen LogP contribution >= 0.6 is 0 Å². The van der Waals surface area contributed by atoms with Crippen LogP contribution in [-0.2, 0) is 16.1 Å². The number of fused-ring (bicyclic) bond motifs is 1. The molecule has 0 unspecified atom stereocenters. The summed E-state index contributed by atoms with van der Waals surface area (Å²) in [7, 11) is 0. The third-order valence-electron chi connectivity index (χ3n) is 4.48. The summed E-state index contributed by atoms with van der Waals surface area (Å²) in [5.74, 6) is -0.645. The average Bonchev–Trinajstić information content (AvgIpc) is 2.64. The first-order valence-corrected chi connectivity index (χ1v) is 8.48. The van der Waals surface area contributed by atoms with Crippen molar-refractivity contribution in [2.45, 2.75) is 32.8 Å². The Morgan fingerprint density at radius 3 is 2.62 bits per heavy atom. The van der Waals surface area contributed by atoms with Crippen LogP contribution < -0.4 is 5.63 Å². The van der Waals surface area contributed by atoms with Gasteiger partial charge in [0.05, 0.1) is 5.92 Å². The molecule has 0 aliphatic carbocycles. The molecule has 0 fully saturated rings. The molecule has 0 spiro atoms. The van der Waals surface area contributed by atoms with Crippen LogP contribution in [0.3, 0.4) is 0 Å². The SMILES string of the molecule is CC[C@@H](C(=O)OCc1cc(=O)oc2c(C)c(O)ccc12)c1ccccc1. The molecule has 134 valence electrons. The molecule has 5 nitrogen and oxygen atoms in total. The van der Waals surface area contributed by atoms with E-state index in [9.17, 15) is 14.7 Å². The van der Waals surface area contributed by atoms with E-state index in [0.717, 1.165) is 5.56 Å². The third-order valence-corrected chi connectivity index (χ3v) is 4.48. The number of phenols is 1. The fourth-order valence-corrected chi connectivity index (χ4v) is 3.01. The number of ether oxygens (including phenoxy) is 1. The minimum atomic E-state index is -0.549. The summed E-state index contributed by atoms with van der Waals surface area (Å²) in [5, 5.41) is 10.4. The third kappa shape index (κ3) is 3.47. The van der Waals surface area contributed by atoms with Gasteiger partial charge >= 0.3 is 11.6 Å². The molecule has 0 radical (unpaired) electrons. The molecule has 1 N–H and O–H groups in total. The van der Waals surface area contributed by atoms with Crippen molar-refractivity contribution in [3.63, 3.8) is 0 Å². The van der Waals surface area contributed by atoms with Crippen LogP contribution in [0.15, 0.2) is 57.7 Å². The molecule has 5 heteroatoms. The van der Waals surface area contributed by atoms with Gasteiger partial charge in [0.25, 0.3) is 0 Å². The molecule has 2 aromatic carbocycles. The van der Waals surface area contributed by atoms with Crippen LogP contribution in [-0.4, -0.2) is 11.1 Å². The maximum atomic E-state index is 12.5. The molecule has 0 amide bonds. The van der Waals surface area contributed by atoms with Gasteiger partial charge < -0.3 is 14.3 Å². The normalized spacial score (nSPS) is 12.1. The lowest BCUT2D eigenvalue weighted by molar-refractivity contribution is -0.146. The number of aromatic hydroxyl groups is 1. The number of carbonyl (C=O) groups excluding carboxylic acids is 1. The van der Waals surface area contributed by atoms with Crippen LogP contribution in [0.5, 0.6) is 5.75 Å². The standard InChI is InChI=1S/C21H20O5/c1-3-16(14-7-5-4-6-8-14)21(24)25-12-15-11-19(23)26-20-13(2)18(22)10-9-17(15)20/h4-11,16,22H,3,12H2,1-2H3/t16-/m1/s1. The largest absolute Gasteiger partial charge is 0.508 e. The number of esters is 1. The van der Waals surface area contributed by atoms with Crippen molar-refractivity contribution in [3.05, 3.63) is 75.6 Å². The van der Waals surface area contributed by atoms with E-state index < -0.39 is 5.63 Å². The van der Waals surface area contributed by atoms with Gasteiger partial charge in [0.2, 0.25) is 0 Å². The number of hydrogen-bond acceptors (Lipinski definition) is 5. The van der Waals surface area contributed by atoms with E-state index in [0.29, 0.717) is 28.5 Å². The van der Waals surface area contributed by atoms with E-state index in [-0.39, 0.29) is 24.2 Å². The summed E-state index contributed by atoms with van der Waals surface area (Å²) in [4.78, 5) is 24.4. The van der Waals surface area contributed by atoms with Gasteiger partial charge in [-0.2, -0.15) is 0 Å². The second-order valence-corrected chi connectivity index (χ2v) is 6.16. The van der Waals surface area contributed by atoms with E-state index in [1.54, 1.807) is 13.0 Å². The van der Waals surface area contributed by atoms with Crippen molar-refractivity contribution < 1.29 is 19.1 Å². The van der Waals surface area contributed by atoms with E-state index in [2.05, 4.69) is 0 Å². The molecular formula is C21H20O5. The first kappa shape index (κ1) is 17.7. The fraction of sp³-hybridized carbons (Fsp3) is 0.238. The summed E-state index contributed by atoms with van der Waals surface area (Å²) in [6, 6.07) is 14.0. The van der Waals surface area contributed by atoms with Crippen molar-refractivity contribution in [2.75, 3.05) is 0 Å². The summed E-state index contributed by atoms with van der Waals surface area (Å²) in [6.45, 7) is 3.56. The fourth-order valence-electron chi connectivity index (χ4n) is 3.01. The lowest BCUT2D eigenvalue weighted by Crippen LogP contribution is -2.16. The molecule has 3 rings (SSSR count). The maximum Gasteiger partial charge on any atom is 0.336 e. The Hall–Kier alpha value is -3.08. The number of carbonyl (C=O) groups is 1. The zero-order valence-corrected chi connectivity index (χ0v) is 14.7. The summed E-state index contributed by atoms with van der Waals surface area (Å²) >= 11 is 0. The number of rotatable bonds is 5. The molecule has 26 heavy (non-hydrogen) atoms. The second kappa shape index (κ2) is 7.44. The van der Waals surface area contributed by atoms with Gasteiger partial charge in [-0.15, -0.1) is 0 Å². The van der Waals surface area contributed by atoms with E-state index >= 15 is 0 Å². The number of hydrogen-bond donors (Lipinski definition) is 1. The molecule has 0 aliphatic rings. The quantitative estimate of drug-likeness (QED) is 0.554. The van der Waals surface area contributed by atoms with E-state index in [1.807, 2.05) is 37.3 Å². The highest BCUT2D eigenvalue weighted by molar-refractivity contribution is 5.85. The Labute approximate surface area is 150 Å².